The number of aryl methyl sites for hydroxylation is 2. The summed E-state index contributed by atoms with van der Waals surface area (Å²) in [5.41, 5.74) is 12.6. The largest absolute Gasteiger partial charge is 0.507 e. The van der Waals surface area contributed by atoms with Crippen LogP contribution in [0.3, 0.4) is 0 Å². The zero-order valence-corrected chi connectivity index (χ0v) is 42.0. The average molecular weight is 1040 g/mol. The molecular formula is C60H64N3OPt-. The van der Waals surface area contributed by atoms with Crippen LogP contribution in [0.25, 0.3) is 72.7 Å². The maximum Gasteiger partial charge on any atom is 0.148 e. The van der Waals surface area contributed by atoms with Crippen molar-refractivity contribution >= 4 is 11.0 Å². The van der Waals surface area contributed by atoms with Gasteiger partial charge in [0, 0.05) is 52.3 Å². The summed E-state index contributed by atoms with van der Waals surface area (Å²) in [4.78, 5) is 10.4. The third-order valence-corrected chi connectivity index (χ3v) is 12.3. The molecule has 0 saturated carbocycles. The Hall–Kier alpha value is -5.57. The third-order valence-electron chi connectivity index (χ3n) is 12.3. The first kappa shape index (κ1) is 39.8. The number of nitrogens with zero attached hydrogens (tertiary/aromatic N) is 3. The first-order valence-corrected chi connectivity index (χ1v) is 22.2. The zero-order chi connectivity index (χ0) is 51.1. The van der Waals surface area contributed by atoms with E-state index in [9.17, 15) is 5.11 Å². The van der Waals surface area contributed by atoms with Crippen molar-refractivity contribution in [3.8, 4) is 67.5 Å². The van der Waals surface area contributed by atoms with Crippen molar-refractivity contribution < 1.29 is 34.4 Å². The molecule has 1 N–H and O–H groups in total. The monoisotopic (exact) mass is 1040 g/mol. The van der Waals surface area contributed by atoms with Gasteiger partial charge in [-0.25, -0.2) is 4.98 Å². The van der Waals surface area contributed by atoms with Crippen LogP contribution in [0.5, 0.6) is 5.75 Å². The Kier molecular flexibility index (Phi) is 10.6. The summed E-state index contributed by atoms with van der Waals surface area (Å²) >= 11 is 0. The van der Waals surface area contributed by atoms with Crippen LogP contribution in [0.2, 0.25) is 0 Å². The van der Waals surface area contributed by atoms with Gasteiger partial charge in [0.05, 0.1) is 22.3 Å². The second kappa shape index (κ2) is 17.3. The van der Waals surface area contributed by atoms with Crippen LogP contribution in [-0.4, -0.2) is 19.6 Å². The number of rotatable bonds is 6. The van der Waals surface area contributed by atoms with Gasteiger partial charge < -0.3 is 5.11 Å². The molecule has 8 rings (SSSR count). The number of aromatic hydroxyl groups is 1. The summed E-state index contributed by atoms with van der Waals surface area (Å²) in [6.07, 6.45) is 1.77. The van der Waals surface area contributed by atoms with Gasteiger partial charge in [-0.1, -0.05) is 184 Å². The van der Waals surface area contributed by atoms with E-state index >= 15 is 0 Å². The van der Waals surface area contributed by atoms with Crippen molar-refractivity contribution in [2.24, 2.45) is 0 Å². The molecule has 0 saturated heterocycles. The molecule has 0 radical (unpaired) electrons. The van der Waals surface area contributed by atoms with Crippen molar-refractivity contribution in [3.63, 3.8) is 0 Å². The van der Waals surface area contributed by atoms with Crippen LogP contribution >= 0.6 is 0 Å². The normalized spacial score (nSPS) is 14.2. The first-order chi connectivity index (χ1) is 32.4. The van der Waals surface area contributed by atoms with E-state index in [1.165, 1.54) is 0 Å². The molecule has 2 heterocycles. The molecule has 2 aromatic heterocycles. The van der Waals surface area contributed by atoms with Gasteiger partial charge in [0.25, 0.3) is 0 Å². The summed E-state index contributed by atoms with van der Waals surface area (Å²) in [5, 5.41) is 12.6. The van der Waals surface area contributed by atoms with E-state index in [4.69, 9.17) is 18.2 Å². The van der Waals surface area contributed by atoms with Crippen LogP contribution in [0, 0.1) is 19.8 Å². The van der Waals surface area contributed by atoms with Gasteiger partial charge in [0.2, 0.25) is 0 Å². The number of hydrogen-bond acceptors (Lipinski definition) is 3. The van der Waals surface area contributed by atoms with Crippen LogP contribution < -0.4 is 0 Å². The Bertz CT molecular complexity index is 3270. The molecule has 0 spiro atoms. The van der Waals surface area contributed by atoms with Crippen LogP contribution in [0.1, 0.15) is 125 Å². The Balaban J connectivity index is 0.00000741. The van der Waals surface area contributed by atoms with Crippen LogP contribution in [0.15, 0.2) is 128 Å². The summed E-state index contributed by atoms with van der Waals surface area (Å²) in [6, 6.07) is 42.9. The predicted molar refractivity (Wildman–Crippen MR) is 271 cm³/mol. The quantitative estimate of drug-likeness (QED) is 0.169. The summed E-state index contributed by atoms with van der Waals surface area (Å²) in [6.45, 7) is 21.3. The number of imidazole rings is 1. The van der Waals surface area contributed by atoms with Crippen molar-refractivity contribution in [3.05, 3.63) is 167 Å². The topological polar surface area (TPSA) is 50.9 Å². The van der Waals surface area contributed by atoms with Crippen LogP contribution in [0.4, 0.5) is 0 Å². The third kappa shape index (κ3) is 9.57. The molecule has 0 fully saturated rings. The molecule has 0 aliphatic carbocycles. The Labute approximate surface area is 410 Å². The van der Waals surface area contributed by atoms with E-state index in [0.717, 1.165) is 61.2 Å². The Morgan fingerprint density at radius 1 is 0.538 bits per heavy atom. The molecule has 8 aromatic rings. The predicted octanol–water partition coefficient (Wildman–Crippen LogP) is 16.1. The number of hydrogen-bond donors (Lipinski definition) is 1. The van der Waals surface area contributed by atoms with E-state index in [0.29, 0.717) is 33.8 Å². The smallest absolute Gasteiger partial charge is 0.148 e. The van der Waals surface area contributed by atoms with E-state index in [2.05, 4.69) is 148 Å². The van der Waals surface area contributed by atoms with Gasteiger partial charge in [-0.2, -0.15) is 0 Å². The molecule has 336 valence electrons. The molecular weight excluding hydrogens is 974 g/mol. The minimum Gasteiger partial charge on any atom is -0.507 e. The average Bonchev–Trinajstić information content (AvgIpc) is 3.66. The van der Waals surface area contributed by atoms with Crippen LogP contribution in [-0.2, 0) is 42.7 Å². The maximum absolute atomic E-state index is 12.6. The molecule has 65 heavy (non-hydrogen) atoms. The fraction of sp³-hybridized carbons (Fsp3) is 0.300. The van der Waals surface area contributed by atoms with Crippen molar-refractivity contribution in [2.45, 2.75) is 118 Å². The number of pyridine rings is 1. The van der Waals surface area contributed by atoms with E-state index in [1.807, 2.05) is 42.5 Å². The zero-order valence-electron chi connectivity index (χ0n) is 45.7. The van der Waals surface area contributed by atoms with E-state index in [1.54, 1.807) is 30.5 Å². The van der Waals surface area contributed by atoms with Gasteiger partial charge in [-0.3, -0.25) is 9.55 Å². The fourth-order valence-corrected chi connectivity index (χ4v) is 8.37. The summed E-state index contributed by atoms with van der Waals surface area (Å²) < 4.78 is 51.1. The molecule has 0 atom stereocenters. The van der Waals surface area contributed by atoms with Crippen molar-refractivity contribution in [1.29, 1.82) is 0 Å². The SMILES string of the molecule is [2H]C([2H])([2H])c1ccc(-c2ccnc(-c3[c-]c(-c4cccc5c4nc(-c4cc(C(C)(C)C)cc(C(C)(C)C)c4O)n5-c4ccc(C([2H])([2H])[2H])cc4-c4ccc(C(C)(C)C)cc4)cc(C(C)(C)C)c3)c2)cc1.[Pt]. The van der Waals surface area contributed by atoms with Gasteiger partial charge in [-0.15, -0.1) is 29.3 Å². The van der Waals surface area contributed by atoms with Crippen molar-refractivity contribution in [1.82, 2.24) is 14.5 Å². The minimum atomic E-state index is -2.36. The van der Waals surface area contributed by atoms with Gasteiger partial charge in [0.1, 0.15) is 11.6 Å². The summed E-state index contributed by atoms with van der Waals surface area (Å²) in [5.74, 6) is 0.646. The second-order valence-corrected chi connectivity index (χ2v) is 21.4. The van der Waals surface area contributed by atoms with Gasteiger partial charge in [-0.05, 0) is 93.5 Å². The molecule has 0 unspecified atom stereocenters. The Morgan fingerprint density at radius 3 is 1.78 bits per heavy atom. The fourth-order valence-electron chi connectivity index (χ4n) is 8.37. The standard InChI is InChI=1S/C60H64N3O.Pt/c1-37-18-21-39(22-19-37)41-28-29-61-51(34-41)43-31-42(32-45(33-43)58(6,7)8)47-16-15-17-53-54(47)62-56(49-35-46(59(9,10)11)36-50(55(49)64)60(12,13)14)63(53)52-27-20-38(2)30-48(52)40-23-25-44(26-24-40)57(3,4)5;/h15-30,32-36,64H,1-14H3;/q-1;/i1D3,2D3;. The summed E-state index contributed by atoms with van der Waals surface area (Å²) in [7, 11) is 0. The van der Waals surface area contributed by atoms with Gasteiger partial charge >= 0.3 is 0 Å². The number of fused-ring (bicyclic) bond motifs is 1. The second-order valence-electron chi connectivity index (χ2n) is 21.4. The molecule has 0 aliphatic rings. The molecule has 5 heteroatoms. The Morgan fingerprint density at radius 2 is 1.15 bits per heavy atom. The maximum atomic E-state index is 12.6. The molecule has 0 amide bonds. The van der Waals surface area contributed by atoms with Crippen molar-refractivity contribution in [2.75, 3.05) is 0 Å². The number of phenolic OH excluding ortho intramolecular Hbond substituents is 1. The number of benzene rings is 6. The van der Waals surface area contributed by atoms with Gasteiger partial charge in [0.15, 0.2) is 0 Å². The van der Waals surface area contributed by atoms with E-state index in [-0.39, 0.29) is 54.2 Å². The number of phenols is 1. The molecule has 0 aliphatic heterocycles. The number of aromatic nitrogens is 3. The molecule has 6 aromatic carbocycles. The minimum absolute atomic E-state index is 0. The molecule has 0 bridgehead atoms. The number of para-hydroxylation sites is 1. The first-order valence-electron chi connectivity index (χ1n) is 25.2. The van der Waals surface area contributed by atoms with E-state index < -0.39 is 19.1 Å². The molecule has 4 nitrogen and oxygen atoms in total.